The number of aliphatic carboxylic acids is 1. The molecule has 0 radical (unpaired) electrons. The van der Waals surface area contributed by atoms with Gasteiger partial charge in [0.05, 0.1) is 0 Å². The van der Waals surface area contributed by atoms with E-state index in [1.165, 1.54) is 11.8 Å². The molecule has 120 valence electrons. The summed E-state index contributed by atoms with van der Waals surface area (Å²) in [7, 11) is 0. The van der Waals surface area contributed by atoms with Crippen LogP contribution in [0.2, 0.25) is 0 Å². The van der Waals surface area contributed by atoms with Crippen LogP contribution in [0.3, 0.4) is 0 Å². The summed E-state index contributed by atoms with van der Waals surface area (Å²) in [5.74, 6) is 0.0579. The number of carbonyl (C=O) groups excluding carboxylic acids is 1. The Morgan fingerprint density at radius 2 is 2.13 bits per heavy atom. The molecule has 1 fully saturated rings. The topological polar surface area (TPSA) is 110 Å². The van der Waals surface area contributed by atoms with E-state index in [-0.39, 0.29) is 6.54 Å². The number of carbonyl (C=O) groups is 2. The maximum absolute atomic E-state index is 12.1. The molecule has 1 aromatic carbocycles. The van der Waals surface area contributed by atoms with Crippen molar-refractivity contribution in [3.8, 4) is 11.4 Å². The molecule has 2 heterocycles. The third-order valence-electron chi connectivity index (χ3n) is 3.58. The van der Waals surface area contributed by atoms with Crippen molar-refractivity contribution in [2.24, 2.45) is 0 Å². The molecule has 2 N–H and O–H groups in total. The lowest BCUT2D eigenvalue weighted by molar-refractivity contribution is -0.146. The Morgan fingerprint density at radius 3 is 2.78 bits per heavy atom. The van der Waals surface area contributed by atoms with Crippen LogP contribution in [0.5, 0.6) is 0 Å². The molecule has 0 saturated carbocycles. The Kier molecular flexibility index (Phi) is 4.28. The van der Waals surface area contributed by atoms with E-state index >= 15 is 0 Å². The Morgan fingerprint density at radius 1 is 1.35 bits per heavy atom. The van der Waals surface area contributed by atoms with Crippen LogP contribution in [0.4, 0.5) is 0 Å². The number of amides is 1. The molecule has 9 heteroatoms. The van der Waals surface area contributed by atoms with E-state index in [2.05, 4.69) is 20.7 Å². The van der Waals surface area contributed by atoms with E-state index < -0.39 is 17.4 Å². The van der Waals surface area contributed by atoms with Gasteiger partial charge in [0.2, 0.25) is 11.7 Å². The van der Waals surface area contributed by atoms with Crippen LogP contribution in [0.1, 0.15) is 6.42 Å². The average Bonchev–Trinajstić information content (AvgIpc) is 3.18. The number of carboxylic acids is 1. The SMILES string of the molecule is O=C(Cn1nnc(-c2ccccc2)n1)NC1(C(=O)O)CCSC1. The maximum Gasteiger partial charge on any atom is 0.330 e. The minimum atomic E-state index is -1.19. The molecular formula is C14H15N5O3S. The van der Waals surface area contributed by atoms with Gasteiger partial charge in [0.1, 0.15) is 12.1 Å². The van der Waals surface area contributed by atoms with Gasteiger partial charge in [-0.25, -0.2) is 4.79 Å². The Hall–Kier alpha value is -2.42. The number of thioether (sulfide) groups is 1. The van der Waals surface area contributed by atoms with E-state index in [0.29, 0.717) is 23.8 Å². The number of nitrogens with one attached hydrogen (secondary N) is 1. The minimum Gasteiger partial charge on any atom is -0.479 e. The van der Waals surface area contributed by atoms with Gasteiger partial charge in [-0.1, -0.05) is 30.3 Å². The molecule has 1 unspecified atom stereocenters. The number of hydrogen-bond acceptors (Lipinski definition) is 6. The number of tetrazole rings is 1. The molecule has 8 nitrogen and oxygen atoms in total. The Bertz CT molecular complexity index is 712. The van der Waals surface area contributed by atoms with Crippen molar-refractivity contribution in [3.63, 3.8) is 0 Å². The van der Waals surface area contributed by atoms with Crippen LogP contribution in [-0.4, -0.2) is 54.2 Å². The molecular weight excluding hydrogens is 318 g/mol. The molecule has 0 spiro atoms. The van der Waals surface area contributed by atoms with E-state index in [9.17, 15) is 14.7 Å². The zero-order valence-electron chi connectivity index (χ0n) is 12.2. The molecule has 3 rings (SSSR count). The van der Waals surface area contributed by atoms with E-state index in [1.807, 2.05) is 30.3 Å². The molecule has 0 bridgehead atoms. The van der Waals surface area contributed by atoms with E-state index in [1.54, 1.807) is 0 Å². The third-order valence-corrected chi connectivity index (χ3v) is 4.77. The van der Waals surface area contributed by atoms with Gasteiger partial charge < -0.3 is 10.4 Å². The lowest BCUT2D eigenvalue weighted by atomic mass is 9.99. The first-order chi connectivity index (χ1) is 11.1. The predicted molar refractivity (Wildman–Crippen MR) is 83.7 cm³/mol. The van der Waals surface area contributed by atoms with Gasteiger partial charge in [0, 0.05) is 11.3 Å². The largest absolute Gasteiger partial charge is 0.479 e. The van der Waals surface area contributed by atoms with Crippen molar-refractivity contribution in [1.82, 2.24) is 25.5 Å². The summed E-state index contributed by atoms with van der Waals surface area (Å²) >= 11 is 1.51. The molecule has 1 aliphatic rings. The van der Waals surface area contributed by atoms with Crippen molar-refractivity contribution < 1.29 is 14.7 Å². The summed E-state index contributed by atoms with van der Waals surface area (Å²) in [5.41, 5.74) is -0.390. The fraction of sp³-hybridized carbons (Fsp3) is 0.357. The van der Waals surface area contributed by atoms with Crippen molar-refractivity contribution in [3.05, 3.63) is 30.3 Å². The van der Waals surface area contributed by atoms with Crippen LogP contribution in [-0.2, 0) is 16.1 Å². The second kappa shape index (κ2) is 6.37. The second-order valence-corrected chi connectivity index (χ2v) is 6.35. The second-order valence-electron chi connectivity index (χ2n) is 5.25. The highest BCUT2D eigenvalue weighted by Gasteiger charge is 2.43. The van der Waals surface area contributed by atoms with Crippen molar-refractivity contribution in [2.75, 3.05) is 11.5 Å². The lowest BCUT2D eigenvalue weighted by Gasteiger charge is -2.24. The summed E-state index contributed by atoms with van der Waals surface area (Å²) < 4.78 is 0. The smallest absolute Gasteiger partial charge is 0.330 e. The normalized spacial score (nSPS) is 20.3. The monoisotopic (exact) mass is 333 g/mol. The highest BCUT2D eigenvalue weighted by Crippen LogP contribution is 2.28. The fourth-order valence-corrected chi connectivity index (χ4v) is 3.66. The van der Waals surface area contributed by atoms with Gasteiger partial charge in [0.15, 0.2) is 0 Å². The molecule has 23 heavy (non-hydrogen) atoms. The first kappa shape index (κ1) is 15.5. The van der Waals surface area contributed by atoms with Crippen molar-refractivity contribution >= 4 is 23.6 Å². The third kappa shape index (κ3) is 3.34. The van der Waals surface area contributed by atoms with E-state index in [4.69, 9.17) is 0 Å². The number of hydrogen-bond donors (Lipinski definition) is 2. The first-order valence-corrected chi connectivity index (χ1v) is 8.20. The maximum atomic E-state index is 12.1. The molecule has 0 aliphatic carbocycles. The van der Waals surface area contributed by atoms with Gasteiger partial charge in [-0.05, 0) is 17.4 Å². The van der Waals surface area contributed by atoms with Crippen molar-refractivity contribution in [2.45, 2.75) is 18.5 Å². The molecule has 1 aliphatic heterocycles. The van der Waals surface area contributed by atoms with Crippen LogP contribution in [0.25, 0.3) is 11.4 Å². The van der Waals surface area contributed by atoms with Gasteiger partial charge >= 0.3 is 5.97 Å². The van der Waals surface area contributed by atoms with Gasteiger partial charge in [-0.15, -0.1) is 10.2 Å². The summed E-state index contributed by atoms with van der Waals surface area (Å²) in [4.78, 5) is 24.7. The number of rotatable bonds is 5. The Balaban J connectivity index is 1.67. The molecule has 1 atom stereocenters. The molecule has 1 saturated heterocycles. The van der Waals surface area contributed by atoms with Gasteiger partial charge in [-0.3, -0.25) is 4.79 Å². The number of benzene rings is 1. The first-order valence-electron chi connectivity index (χ1n) is 7.04. The number of carboxylic acid groups (broad SMARTS) is 1. The highest BCUT2D eigenvalue weighted by molar-refractivity contribution is 7.99. The Labute approximate surface area is 136 Å². The molecule has 1 aromatic heterocycles. The highest BCUT2D eigenvalue weighted by atomic mass is 32.2. The zero-order chi connectivity index (χ0) is 16.3. The van der Waals surface area contributed by atoms with Crippen LogP contribution >= 0.6 is 11.8 Å². The van der Waals surface area contributed by atoms with E-state index in [0.717, 1.165) is 10.4 Å². The van der Waals surface area contributed by atoms with Gasteiger partial charge in [0.25, 0.3) is 0 Å². The minimum absolute atomic E-state index is 0.167. The quantitative estimate of drug-likeness (QED) is 0.815. The van der Waals surface area contributed by atoms with Crippen LogP contribution in [0, 0.1) is 0 Å². The summed E-state index contributed by atoms with van der Waals surface area (Å²) in [5, 5.41) is 23.8. The standard InChI is InChI=1S/C14H15N5O3S/c20-11(15-14(13(21)22)6-7-23-9-14)8-19-17-12(16-18-19)10-4-2-1-3-5-10/h1-5H,6-9H2,(H,15,20)(H,21,22). The molecule has 2 aromatic rings. The lowest BCUT2D eigenvalue weighted by Crippen LogP contribution is -2.55. The summed E-state index contributed by atoms with van der Waals surface area (Å²) in [6, 6.07) is 9.29. The van der Waals surface area contributed by atoms with Crippen molar-refractivity contribution in [1.29, 1.82) is 0 Å². The van der Waals surface area contributed by atoms with Gasteiger partial charge in [-0.2, -0.15) is 16.6 Å². The van der Waals surface area contributed by atoms with Crippen LogP contribution in [0.15, 0.2) is 30.3 Å². The summed E-state index contributed by atoms with van der Waals surface area (Å²) in [6.07, 6.45) is 0.415. The fourth-order valence-electron chi connectivity index (χ4n) is 2.33. The predicted octanol–water partition coefficient (Wildman–Crippen LogP) is 0.417. The summed E-state index contributed by atoms with van der Waals surface area (Å²) in [6.45, 7) is -0.167. The number of aromatic nitrogens is 4. The average molecular weight is 333 g/mol. The zero-order valence-corrected chi connectivity index (χ0v) is 13.0. The molecule has 1 amide bonds. The number of nitrogens with zero attached hydrogens (tertiary/aromatic N) is 4. The van der Waals surface area contributed by atoms with Crippen LogP contribution < -0.4 is 5.32 Å².